The van der Waals surface area contributed by atoms with Gasteiger partial charge in [0.05, 0.1) is 0 Å². The molecule has 0 aliphatic heterocycles. The van der Waals surface area contributed by atoms with E-state index in [1.165, 1.54) is 5.56 Å². The van der Waals surface area contributed by atoms with Crippen LogP contribution in [0.4, 0.5) is 4.79 Å². The molecule has 0 bridgehead atoms. The minimum absolute atomic E-state index is 0.523. The molecule has 0 fully saturated rings. The maximum Gasteiger partial charge on any atom is 0.404 e. The Balaban J connectivity index is 2.00. The van der Waals surface area contributed by atoms with E-state index in [2.05, 4.69) is 10.3 Å². The molecular weight excluding hydrogens is 212 g/mol. The first-order valence-electron chi connectivity index (χ1n) is 4.72. The fraction of sp³-hybridized carbons (Fsp3) is 0.400. The number of carboxylic acid groups (broad SMARTS) is 1. The highest BCUT2D eigenvalue weighted by Crippen LogP contribution is 2.11. The van der Waals surface area contributed by atoms with Crippen LogP contribution in [0, 0.1) is 0 Å². The molecule has 0 radical (unpaired) electrons. The summed E-state index contributed by atoms with van der Waals surface area (Å²) in [7, 11) is 0. The van der Waals surface area contributed by atoms with Gasteiger partial charge in [-0.1, -0.05) is 6.07 Å². The number of nitrogens with one attached hydrogen (secondary N) is 1. The second kappa shape index (κ2) is 7.11. The molecule has 4 nitrogen and oxygen atoms in total. The maximum absolute atomic E-state index is 10.1. The highest BCUT2D eigenvalue weighted by atomic mass is 32.2. The number of amides is 1. The van der Waals surface area contributed by atoms with Gasteiger partial charge in [0.1, 0.15) is 0 Å². The predicted octanol–water partition coefficient (Wildman–Crippen LogP) is 1.97. The Morgan fingerprint density at radius 2 is 2.47 bits per heavy atom. The van der Waals surface area contributed by atoms with Gasteiger partial charge in [0.15, 0.2) is 0 Å². The van der Waals surface area contributed by atoms with Gasteiger partial charge in [-0.25, -0.2) is 4.79 Å². The molecular formula is C10H14N2O2S. The summed E-state index contributed by atoms with van der Waals surface area (Å²) in [6, 6.07) is 3.96. The Labute approximate surface area is 93.1 Å². The molecule has 15 heavy (non-hydrogen) atoms. The van der Waals surface area contributed by atoms with Crippen LogP contribution >= 0.6 is 11.8 Å². The zero-order valence-corrected chi connectivity index (χ0v) is 9.17. The first-order valence-corrected chi connectivity index (χ1v) is 5.88. The smallest absolute Gasteiger partial charge is 0.404 e. The van der Waals surface area contributed by atoms with Crippen LogP contribution in [0.15, 0.2) is 24.5 Å². The SMILES string of the molecule is O=C(O)NCCCSCc1cccnc1. The lowest BCUT2D eigenvalue weighted by molar-refractivity contribution is 0.194. The molecule has 1 aromatic rings. The topological polar surface area (TPSA) is 62.2 Å². The van der Waals surface area contributed by atoms with Crippen molar-refractivity contribution in [1.29, 1.82) is 0 Å². The lowest BCUT2D eigenvalue weighted by Gasteiger charge is -2.01. The van der Waals surface area contributed by atoms with E-state index in [1.54, 1.807) is 18.0 Å². The third-order valence-electron chi connectivity index (χ3n) is 1.73. The molecule has 0 aliphatic carbocycles. The average Bonchev–Trinajstić information content (AvgIpc) is 2.24. The number of nitrogens with zero attached hydrogens (tertiary/aromatic N) is 1. The standard InChI is InChI=1S/C10H14N2O2S/c13-10(14)12-5-2-6-15-8-9-3-1-4-11-7-9/h1,3-4,7,12H,2,5-6,8H2,(H,13,14). The van der Waals surface area contributed by atoms with Crippen molar-refractivity contribution in [2.24, 2.45) is 0 Å². The van der Waals surface area contributed by atoms with Gasteiger partial charge in [0.2, 0.25) is 0 Å². The van der Waals surface area contributed by atoms with Crippen LogP contribution in [0.2, 0.25) is 0 Å². The molecule has 0 spiro atoms. The van der Waals surface area contributed by atoms with E-state index in [1.807, 2.05) is 18.3 Å². The largest absolute Gasteiger partial charge is 0.465 e. The number of hydrogen-bond acceptors (Lipinski definition) is 3. The van der Waals surface area contributed by atoms with Gasteiger partial charge in [0, 0.05) is 24.7 Å². The number of rotatable bonds is 6. The van der Waals surface area contributed by atoms with Gasteiger partial charge >= 0.3 is 6.09 Å². The first-order chi connectivity index (χ1) is 7.29. The van der Waals surface area contributed by atoms with E-state index in [-0.39, 0.29) is 0 Å². The van der Waals surface area contributed by atoms with E-state index >= 15 is 0 Å². The molecule has 1 amide bonds. The van der Waals surface area contributed by atoms with Crippen molar-refractivity contribution in [3.8, 4) is 0 Å². The van der Waals surface area contributed by atoms with Gasteiger partial charge in [-0.05, 0) is 23.8 Å². The molecule has 1 aromatic heterocycles. The van der Waals surface area contributed by atoms with E-state index in [0.717, 1.165) is 17.9 Å². The van der Waals surface area contributed by atoms with E-state index < -0.39 is 6.09 Å². The normalized spacial score (nSPS) is 9.87. The highest BCUT2D eigenvalue weighted by Gasteiger charge is 1.95. The van der Waals surface area contributed by atoms with E-state index in [0.29, 0.717) is 6.54 Å². The van der Waals surface area contributed by atoms with Crippen molar-refractivity contribution in [3.63, 3.8) is 0 Å². The van der Waals surface area contributed by atoms with Crippen molar-refractivity contribution in [2.75, 3.05) is 12.3 Å². The van der Waals surface area contributed by atoms with Crippen molar-refractivity contribution in [2.45, 2.75) is 12.2 Å². The van der Waals surface area contributed by atoms with Crippen molar-refractivity contribution >= 4 is 17.9 Å². The molecule has 0 unspecified atom stereocenters. The second-order valence-electron chi connectivity index (χ2n) is 3.00. The molecule has 0 aromatic carbocycles. The highest BCUT2D eigenvalue weighted by molar-refractivity contribution is 7.98. The Hall–Kier alpha value is -1.23. The van der Waals surface area contributed by atoms with Gasteiger partial charge < -0.3 is 10.4 Å². The molecule has 5 heteroatoms. The Morgan fingerprint density at radius 1 is 1.60 bits per heavy atom. The molecule has 0 atom stereocenters. The fourth-order valence-corrected chi connectivity index (χ4v) is 1.94. The number of thioether (sulfide) groups is 1. The molecule has 2 N–H and O–H groups in total. The minimum Gasteiger partial charge on any atom is -0.465 e. The molecule has 1 rings (SSSR count). The molecule has 0 aliphatic rings. The summed E-state index contributed by atoms with van der Waals surface area (Å²) in [6.07, 6.45) is 3.51. The van der Waals surface area contributed by atoms with Crippen molar-refractivity contribution < 1.29 is 9.90 Å². The molecule has 82 valence electrons. The van der Waals surface area contributed by atoms with Crippen LogP contribution < -0.4 is 5.32 Å². The van der Waals surface area contributed by atoms with E-state index in [9.17, 15) is 4.79 Å². The molecule has 0 saturated carbocycles. The van der Waals surface area contributed by atoms with Crippen LogP contribution in [0.3, 0.4) is 0 Å². The minimum atomic E-state index is -0.952. The van der Waals surface area contributed by atoms with Crippen LogP contribution in [-0.4, -0.2) is 28.5 Å². The third-order valence-corrected chi connectivity index (χ3v) is 2.85. The number of hydrogen-bond donors (Lipinski definition) is 2. The molecule has 0 saturated heterocycles. The Bertz CT molecular complexity index is 293. The summed E-state index contributed by atoms with van der Waals surface area (Å²) >= 11 is 1.79. The quantitative estimate of drug-likeness (QED) is 0.728. The van der Waals surface area contributed by atoms with Crippen LogP contribution in [0.25, 0.3) is 0 Å². The lowest BCUT2D eigenvalue weighted by Crippen LogP contribution is -2.22. The number of carbonyl (C=O) groups is 1. The predicted molar refractivity (Wildman–Crippen MR) is 61.0 cm³/mol. The maximum atomic E-state index is 10.1. The summed E-state index contributed by atoms with van der Waals surface area (Å²) in [4.78, 5) is 14.1. The summed E-state index contributed by atoms with van der Waals surface area (Å²) < 4.78 is 0. The third kappa shape index (κ3) is 5.96. The fourth-order valence-electron chi connectivity index (χ4n) is 1.04. The van der Waals surface area contributed by atoms with Crippen LogP contribution in [0.5, 0.6) is 0 Å². The van der Waals surface area contributed by atoms with Gasteiger partial charge in [0.25, 0.3) is 0 Å². The Morgan fingerprint density at radius 3 is 3.13 bits per heavy atom. The summed E-state index contributed by atoms with van der Waals surface area (Å²) in [6.45, 7) is 0.523. The number of pyridine rings is 1. The van der Waals surface area contributed by atoms with Crippen LogP contribution in [-0.2, 0) is 5.75 Å². The number of aromatic nitrogens is 1. The first kappa shape index (κ1) is 11.8. The van der Waals surface area contributed by atoms with Gasteiger partial charge in [-0.3, -0.25) is 4.98 Å². The zero-order valence-electron chi connectivity index (χ0n) is 8.35. The Kier molecular flexibility index (Phi) is 5.62. The summed E-state index contributed by atoms with van der Waals surface area (Å²) in [5.74, 6) is 1.89. The lowest BCUT2D eigenvalue weighted by atomic mass is 10.3. The monoisotopic (exact) mass is 226 g/mol. The van der Waals surface area contributed by atoms with E-state index in [4.69, 9.17) is 5.11 Å². The van der Waals surface area contributed by atoms with Crippen LogP contribution in [0.1, 0.15) is 12.0 Å². The van der Waals surface area contributed by atoms with Crippen molar-refractivity contribution in [3.05, 3.63) is 30.1 Å². The average molecular weight is 226 g/mol. The summed E-state index contributed by atoms with van der Waals surface area (Å²) in [5.41, 5.74) is 1.20. The van der Waals surface area contributed by atoms with Gasteiger partial charge in [-0.2, -0.15) is 11.8 Å². The summed E-state index contributed by atoms with van der Waals surface area (Å²) in [5, 5.41) is 10.7. The zero-order chi connectivity index (χ0) is 10.9. The second-order valence-corrected chi connectivity index (χ2v) is 4.10. The molecule has 1 heterocycles. The van der Waals surface area contributed by atoms with Gasteiger partial charge in [-0.15, -0.1) is 0 Å². The van der Waals surface area contributed by atoms with Crippen molar-refractivity contribution in [1.82, 2.24) is 10.3 Å².